The second kappa shape index (κ2) is 4.96. The van der Waals surface area contributed by atoms with Gasteiger partial charge in [-0.25, -0.2) is 4.98 Å². The number of rotatable bonds is 2. The van der Waals surface area contributed by atoms with Crippen LogP contribution in [0.15, 0.2) is 48.2 Å². The van der Waals surface area contributed by atoms with Gasteiger partial charge in [-0.1, -0.05) is 18.7 Å². The van der Waals surface area contributed by atoms with Crippen LogP contribution in [-0.4, -0.2) is 29.5 Å². The fourth-order valence-electron chi connectivity index (χ4n) is 3.43. The molecule has 2 aliphatic heterocycles. The van der Waals surface area contributed by atoms with Crippen LogP contribution in [0.5, 0.6) is 11.5 Å². The van der Waals surface area contributed by atoms with E-state index in [9.17, 15) is 0 Å². The van der Waals surface area contributed by atoms with Gasteiger partial charge < -0.3 is 14.5 Å². The molecule has 1 N–H and O–H groups in total. The second-order valence-corrected chi connectivity index (χ2v) is 6.01. The number of aliphatic imine (C=N–C) groups is 1. The molecule has 1 atom stereocenters. The number of H-pyrrole nitrogens is 1. The zero-order chi connectivity index (χ0) is 16.1. The van der Waals surface area contributed by atoms with Gasteiger partial charge >= 0.3 is 0 Å². The van der Waals surface area contributed by atoms with E-state index in [2.05, 4.69) is 39.7 Å². The SMILES string of the molecule is C=C(c1ccc2nc[nH]c2c1)C1CN=Cc2c1ccc1c2OCO1. The average molecular weight is 317 g/mol. The Morgan fingerprint density at radius 2 is 2.17 bits per heavy atom. The highest BCUT2D eigenvalue weighted by Gasteiger charge is 2.28. The molecule has 2 aliphatic rings. The summed E-state index contributed by atoms with van der Waals surface area (Å²) >= 11 is 0. The molecule has 0 radical (unpaired) electrons. The van der Waals surface area contributed by atoms with Crippen molar-refractivity contribution in [1.29, 1.82) is 0 Å². The van der Waals surface area contributed by atoms with Crippen LogP contribution in [0.2, 0.25) is 0 Å². The number of nitrogens with one attached hydrogen (secondary N) is 1. The van der Waals surface area contributed by atoms with E-state index in [-0.39, 0.29) is 12.7 Å². The molecule has 2 aromatic carbocycles. The third-order valence-corrected chi connectivity index (χ3v) is 4.71. The number of imidazole rings is 1. The van der Waals surface area contributed by atoms with Crippen LogP contribution >= 0.6 is 0 Å². The Morgan fingerprint density at radius 1 is 1.21 bits per heavy atom. The third kappa shape index (κ3) is 1.88. The minimum atomic E-state index is 0.125. The van der Waals surface area contributed by atoms with Crippen molar-refractivity contribution in [2.24, 2.45) is 4.99 Å². The van der Waals surface area contributed by atoms with E-state index in [1.807, 2.05) is 18.3 Å². The highest BCUT2D eigenvalue weighted by Crippen LogP contribution is 2.43. The van der Waals surface area contributed by atoms with Crippen molar-refractivity contribution in [2.75, 3.05) is 13.3 Å². The maximum Gasteiger partial charge on any atom is 0.231 e. The molecule has 0 fully saturated rings. The minimum Gasteiger partial charge on any atom is -0.454 e. The lowest BCUT2D eigenvalue weighted by atomic mass is 9.83. The van der Waals surface area contributed by atoms with Crippen molar-refractivity contribution in [3.63, 3.8) is 0 Å². The molecule has 5 rings (SSSR count). The molecule has 3 heterocycles. The summed E-state index contributed by atoms with van der Waals surface area (Å²) in [7, 11) is 0. The predicted molar refractivity (Wildman–Crippen MR) is 92.9 cm³/mol. The topological polar surface area (TPSA) is 59.5 Å². The molecular weight excluding hydrogens is 302 g/mol. The summed E-state index contributed by atoms with van der Waals surface area (Å²) in [5, 5.41) is 0. The largest absolute Gasteiger partial charge is 0.454 e. The first-order valence-electron chi connectivity index (χ1n) is 7.86. The van der Waals surface area contributed by atoms with Gasteiger partial charge in [0.2, 0.25) is 6.79 Å². The summed E-state index contributed by atoms with van der Waals surface area (Å²) in [6, 6.07) is 10.2. The van der Waals surface area contributed by atoms with Gasteiger partial charge in [-0.3, -0.25) is 4.99 Å². The molecule has 3 aromatic rings. The van der Waals surface area contributed by atoms with Crippen LogP contribution in [0.25, 0.3) is 16.6 Å². The third-order valence-electron chi connectivity index (χ3n) is 4.71. The number of aromatic amines is 1. The number of nitrogens with zero attached hydrogens (tertiary/aromatic N) is 2. The minimum absolute atomic E-state index is 0.125. The van der Waals surface area contributed by atoms with Crippen molar-refractivity contribution in [1.82, 2.24) is 9.97 Å². The molecule has 0 saturated heterocycles. The Hall–Kier alpha value is -3.08. The van der Waals surface area contributed by atoms with Crippen LogP contribution in [0.3, 0.4) is 0 Å². The Balaban J connectivity index is 1.58. The van der Waals surface area contributed by atoms with Gasteiger partial charge in [-0.05, 0) is 34.9 Å². The first-order chi connectivity index (χ1) is 11.8. The summed E-state index contributed by atoms with van der Waals surface area (Å²) in [6.45, 7) is 5.30. The Labute approximate surface area is 138 Å². The van der Waals surface area contributed by atoms with Crippen molar-refractivity contribution in [3.05, 3.63) is 59.9 Å². The summed E-state index contributed by atoms with van der Waals surface area (Å²) in [5.41, 5.74) is 6.30. The summed E-state index contributed by atoms with van der Waals surface area (Å²) in [4.78, 5) is 12.0. The Bertz CT molecular complexity index is 1000. The maximum absolute atomic E-state index is 5.62. The average Bonchev–Trinajstić information content (AvgIpc) is 3.28. The van der Waals surface area contributed by atoms with Gasteiger partial charge in [0.05, 0.1) is 17.4 Å². The Kier molecular flexibility index (Phi) is 2.76. The zero-order valence-electron chi connectivity index (χ0n) is 13.0. The van der Waals surface area contributed by atoms with Crippen LogP contribution in [0.4, 0.5) is 0 Å². The van der Waals surface area contributed by atoms with E-state index in [0.717, 1.165) is 39.2 Å². The molecule has 24 heavy (non-hydrogen) atoms. The summed E-state index contributed by atoms with van der Waals surface area (Å²) in [5.74, 6) is 1.70. The van der Waals surface area contributed by atoms with Gasteiger partial charge in [0.1, 0.15) is 0 Å². The maximum atomic E-state index is 5.62. The number of fused-ring (bicyclic) bond motifs is 4. The quantitative estimate of drug-likeness (QED) is 0.786. The fraction of sp³-hybridized carbons (Fsp3) is 0.158. The van der Waals surface area contributed by atoms with Crippen LogP contribution in [0, 0.1) is 0 Å². The normalized spacial score (nSPS) is 17.9. The van der Waals surface area contributed by atoms with Gasteiger partial charge in [0.25, 0.3) is 0 Å². The smallest absolute Gasteiger partial charge is 0.231 e. The molecule has 1 aromatic heterocycles. The van der Waals surface area contributed by atoms with E-state index in [1.165, 1.54) is 5.56 Å². The van der Waals surface area contributed by atoms with Crippen molar-refractivity contribution < 1.29 is 9.47 Å². The highest BCUT2D eigenvalue weighted by atomic mass is 16.7. The molecule has 1 unspecified atom stereocenters. The number of hydrogen-bond donors (Lipinski definition) is 1. The van der Waals surface area contributed by atoms with E-state index in [4.69, 9.17) is 9.47 Å². The molecule has 118 valence electrons. The molecule has 5 heteroatoms. The Morgan fingerprint density at radius 3 is 3.12 bits per heavy atom. The fourth-order valence-corrected chi connectivity index (χ4v) is 3.43. The number of ether oxygens (including phenoxy) is 2. The first kappa shape index (κ1) is 13.4. The van der Waals surface area contributed by atoms with E-state index >= 15 is 0 Å². The molecule has 5 nitrogen and oxygen atoms in total. The van der Waals surface area contributed by atoms with Crippen LogP contribution in [-0.2, 0) is 0 Å². The standard InChI is InChI=1S/C19H15N3O2/c1-11(12-2-4-16-17(6-12)22-9-21-16)14-7-20-8-15-13(14)3-5-18-19(15)24-10-23-18/h2-6,8-9,14H,1,7,10H2,(H,21,22). The van der Waals surface area contributed by atoms with E-state index in [1.54, 1.807) is 6.33 Å². The van der Waals surface area contributed by atoms with Gasteiger partial charge in [-0.2, -0.15) is 0 Å². The van der Waals surface area contributed by atoms with Gasteiger partial charge in [0.15, 0.2) is 11.5 Å². The van der Waals surface area contributed by atoms with E-state index in [0.29, 0.717) is 6.54 Å². The lowest BCUT2D eigenvalue weighted by molar-refractivity contribution is 0.174. The summed E-state index contributed by atoms with van der Waals surface area (Å²) in [6.07, 6.45) is 3.59. The summed E-state index contributed by atoms with van der Waals surface area (Å²) < 4.78 is 11.1. The molecule has 0 spiro atoms. The molecular formula is C19H15N3O2. The molecule has 0 saturated carbocycles. The van der Waals surface area contributed by atoms with E-state index < -0.39 is 0 Å². The monoisotopic (exact) mass is 317 g/mol. The number of benzene rings is 2. The first-order valence-corrected chi connectivity index (χ1v) is 7.86. The lowest BCUT2D eigenvalue weighted by Gasteiger charge is -2.24. The molecule has 0 aliphatic carbocycles. The highest BCUT2D eigenvalue weighted by molar-refractivity contribution is 5.91. The second-order valence-electron chi connectivity index (χ2n) is 6.01. The van der Waals surface area contributed by atoms with Crippen molar-refractivity contribution in [3.8, 4) is 11.5 Å². The lowest BCUT2D eigenvalue weighted by Crippen LogP contribution is -2.13. The van der Waals surface area contributed by atoms with Crippen LogP contribution < -0.4 is 9.47 Å². The number of hydrogen-bond acceptors (Lipinski definition) is 4. The van der Waals surface area contributed by atoms with Crippen LogP contribution in [0.1, 0.15) is 22.6 Å². The van der Waals surface area contributed by atoms with Gasteiger partial charge in [-0.15, -0.1) is 0 Å². The van der Waals surface area contributed by atoms with Crippen molar-refractivity contribution >= 4 is 22.8 Å². The van der Waals surface area contributed by atoms with Crippen molar-refractivity contribution in [2.45, 2.75) is 5.92 Å². The molecule has 0 bridgehead atoms. The van der Waals surface area contributed by atoms with Gasteiger partial charge in [0, 0.05) is 24.2 Å². The number of aromatic nitrogens is 2. The molecule has 0 amide bonds. The zero-order valence-corrected chi connectivity index (χ0v) is 13.0. The predicted octanol–water partition coefficient (Wildman–Crippen LogP) is 3.52.